The molecule has 1 unspecified atom stereocenters. The molecule has 0 bridgehead atoms. The number of sulfonamides is 1. The molecule has 0 aromatic carbocycles. The second-order valence-corrected chi connectivity index (χ2v) is 5.79. The highest BCUT2D eigenvalue weighted by Crippen LogP contribution is 2.35. The normalized spacial score (nSPS) is 19.3. The van der Waals surface area contributed by atoms with Crippen LogP contribution in [0.5, 0.6) is 0 Å². The van der Waals surface area contributed by atoms with Crippen LogP contribution in [0.2, 0.25) is 0 Å². The van der Waals surface area contributed by atoms with Crippen LogP contribution < -0.4 is 0 Å². The molecule has 0 aromatic rings. The lowest BCUT2D eigenvalue weighted by molar-refractivity contribution is 0.316. The minimum atomic E-state index is -3.16. The molecule has 0 heterocycles. The van der Waals surface area contributed by atoms with Gasteiger partial charge >= 0.3 is 0 Å². The van der Waals surface area contributed by atoms with Crippen molar-refractivity contribution in [1.29, 1.82) is 5.26 Å². The first-order chi connectivity index (χ1) is 6.46. The van der Waals surface area contributed by atoms with E-state index >= 15 is 0 Å². The van der Waals surface area contributed by atoms with Crippen molar-refractivity contribution in [3.8, 4) is 6.07 Å². The lowest BCUT2D eigenvalue weighted by atomic mass is 10.2. The predicted octanol–water partition coefficient (Wildman–Crippen LogP) is 0.960. The molecule has 80 valence electrons. The Morgan fingerprint density at radius 3 is 2.50 bits per heavy atom. The summed E-state index contributed by atoms with van der Waals surface area (Å²) in [6, 6.07) is 2.03. The molecule has 0 spiro atoms. The Morgan fingerprint density at radius 1 is 1.57 bits per heavy atom. The third-order valence-electron chi connectivity index (χ3n) is 2.63. The van der Waals surface area contributed by atoms with Crippen molar-refractivity contribution in [2.75, 3.05) is 12.8 Å². The van der Waals surface area contributed by atoms with Crippen LogP contribution in [0.25, 0.3) is 0 Å². The van der Waals surface area contributed by atoms with Crippen LogP contribution in [0.4, 0.5) is 0 Å². The van der Waals surface area contributed by atoms with Crippen molar-refractivity contribution < 1.29 is 8.42 Å². The number of hydrogen-bond acceptors (Lipinski definition) is 3. The van der Waals surface area contributed by atoms with Crippen LogP contribution in [0.3, 0.4) is 0 Å². The van der Waals surface area contributed by atoms with Crippen molar-refractivity contribution in [1.82, 2.24) is 4.31 Å². The van der Waals surface area contributed by atoms with E-state index in [0.717, 1.165) is 12.8 Å². The zero-order chi connectivity index (χ0) is 10.8. The Morgan fingerprint density at radius 2 is 2.14 bits per heavy atom. The predicted molar refractivity (Wildman–Crippen MR) is 54.0 cm³/mol. The highest BCUT2D eigenvalue weighted by Gasteiger charge is 2.35. The van der Waals surface area contributed by atoms with Gasteiger partial charge in [0.25, 0.3) is 0 Å². The Hall–Kier alpha value is -0.600. The van der Waals surface area contributed by atoms with Gasteiger partial charge < -0.3 is 0 Å². The van der Waals surface area contributed by atoms with Crippen LogP contribution >= 0.6 is 0 Å². The molecule has 4 nitrogen and oxygen atoms in total. The third kappa shape index (κ3) is 2.96. The summed E-state index contributed by atoms with van der Waals surface area (Å²) < 4.78 is 24.3. The molecule has 0 amide bonds. The number of nitriles is 1. The Balaban J connectivity index is 2.66. The van der Waals surface area contributed by atoms with Gasteiger partial charge in [0.1, 0.15) is 0 Å². The quantitative estimate of drug-likeness (QED) is 0.687. The summed E-state index contributed by atoms with van der Waals surface area (Å²) in [7, 11) is -3.16. The van der Waals surface area contributed by atoms with E-state index in [0.29, 0.717) is 12.5 Å². The number of nitrogens with zero attached hydrogens (tertiary/aromatic N) is 2. The molecule has 1 rings (SSSR count). The van der Waals surface area contributed by atoms with Crippen molar-refractivity contribution in [2.45, 2.75) is 32.2 Å². The van der Waals surface area contributed by atoms with E-state index < -0.39 is 10.0 Å². The molecule has 1 aliphatic carbocycles. The third-order valence-corrected chi connectivity index (χ3v) is 4.00. The Labute approximate surface area is 85.6 Å². The fourth-order valence-corrected chi connectivity index (χ4v) is 2.84. The van der Waals surface area contributed by atoms with Gasteiger partial charge in [0.05, 0.1) is 12.3 Å². The summed E-state index contributed by atoms with van der Waals surface area (Å²) in [5.74, 6) is 0.503. The van der Waals surface area contributed by atoms with E-state index in [1.165, 1.54) is 10.6 Å². The summed E-state index contributed by atoms with van der Waals surface area (Å²) in [5, 5.41) is 8.45. The lowest BCUT2D eigenvalue weighted by Crippen LogP contribution is -2.39. The first-order valence-electron chi connectivity index (χ1n) is 4.80. The van der Waals surface area contributed by atoms with E-state index in [-0.39, 0.29) is 12.5 Å². The van der Waals surface area contributed by atoms with Crippen LogP contribution in [0.1, 0.15) is 26.2 Å². The van der Waals surface area contributed by atoms with Gasteiger partial charge in [0.15, 0.2) is 0 Å². The molecule has 14 heavy (non-hydrogen) atoms. The fourth-order valence-electron chi connectivity index (χ4n) is 1.65. The van der Waals surface area contributed by atoms with Crippen LogP contribution in [0.15, 0.2) is 0 Å². The van der Waals surface area contributed by atoms with Crippen molar-refractivity contribution in [3.05, 3.63) is 0 Å². The molecule has 5 heteroatoms. The van der Waals surface area contributed by atoms with Gasteiger partial charge in [0.2, 0.25) is 10.0 Å². The van der Waals surface area contributed by atoms with E-state index in [9.17, 15) is 8.42 Å². The average Bonchev–Trinajstić information content (AvgIpc) is 2.84. The number of hydrogen-bond donors (Lipinski definition) is 0. The fraction of sp³-hybridized carbons (Fsp3) is 0.889. The summed E-state index contributed by atoms with van der Waals surface area (Å²) in [6.07, 6.45) is 3.70. The van der Waals surface area contributed by atoms with Gasteiger partial charge in [-0.3, -0.25) is 0 Å². The molecule has 1 atom stereocenters. The molecule has 0 aliphatic heterocycles. The standard InChI is InChI=1S/C9H16N2O2S/c1-8(9-4-5-9)11(7-3-6-10)14(2,12)13/h8-9H,3-5,7H2,1-2H3. The Bertz CT molecular complexity index is 327. The van der Waals surface area contributed by atoms with Gasteiger partial charge in [-0.2, -0.15) is 9.57 Å². The van der Waals surface area contributed by atoms with Crippen molar-refractivity contribution >= 4 is 10.0 Å². The highest BCUT2D eigenvalue weighted by molar-refractivity contribution is 7.88. The van der Waals surface area contributed by atoms with E-state index in [1.54, 1.807) is 0 Å². The minimum absolute atomic E-state index is 0.0540. The molecule has 0 radical (unpaired) electrons. The van der Waals surface area contributed by atoms with Crippen molar-refractivity contribution in [3.63, 3.8) is 0 Å². The minimum Gasteiger partial charge on any atom is -0.212 e. The molecule has 1 saturated carbocycles. The molecule has 0 aromatic heterocycles. The van der Waals surface area contributed by atoms with Crippen LogP contribution in [-0.4, -0.2) is 31.6 Å². The smallest absolute Gasteiger partial charge is 0.211 e. The zero-order valence-corrected chi connectivity index (χ0v) is 9.42. The molecular formula is C9H16N2O2S. The van der Waals surface area contributed by atoms with E-state index in [4.69, 9.17) is 5.26 Å². The maximum atomic E-state index is 11.4. The largest absolute Gasteiger partial charge is 0.212 e. The summed E-state index contributed by atoms with van der Waals surface area (Å²) in [6.45, 7) is 2.25. The first kappa shape index (κ1) is 11.5. The first-order valence-corrected chi connectivity index (χ1v) is 6.65. The summed E-state index contributed by atoms with van der Waals surface area (Å²) in [4.78, 5) is 0. The van der Waals surface area contributed by atoms with Gasteiger partial charge in [-0.1, -0.05) is 0 Å². The van der Waals surface area contributed by atoms with Gasteiger partial charge in [-0.15, -0.1) is 0 Å². The highest BCUT2D eigenvalue weighted by atomic mass is 32.2. The van der Waals surface area contributed by atoms with E-state index in [1.807, 2.05) is 13.0 Å². The molecule has 0 saturated heterocycles. The van der Waals surface area contributed by atoms with Gasteiger partial charge in [-0.05, 0) is 25.7 Å². The molecule has 1 aliphatic rings. The summed E-state index contributed by atoms with van der Waals surface area (Å²) in [5.41, 5.74) is 0. The van der Waals surface area contributed by atoms with Crippen molar-refractivity contribution in [2.24, 2.45) is 5.92 Å². The SMILES string of the molecule is CC(C1CC1)N(CCC#N)S(C)(=O)=O. The molecule has 1 fully saturated rings. The number of rotatable bonds is 5. The maximum absolute atomic E-state index is 11.4. The molecule has 0 N–H and O–H groups in total. The zero-order valence-electron chi connectivity index (χ0n) is 8.60. The summed E-state index contributed by atoms with van der Waals surface area (Å²) >= 11 is 0. The second-order valence-electron chi connectivity index (χ2n) is 3.86. The average molecular weight is 216 g/mol. The van der Waals surface area contributed by atoms with Gasteiger partial charge in [-0.25, -0.2) is 8.42 Å². The second kappa shape index (κ2) is 4.28. The van der Waals surface area contributed by atoms with E-state index in [2.05, 4.69) is 0 Å². The Kier molecular flexibility index (Phi) is 3.51. The van der Waals surface area contributed by atoms with Crippen LogP contribution in [0, 0.1) is 17.2 Å². The van der Waals surface area contributed by atoms with Crippen LogP contribution in [-0.2, 0) is 10.0 Å². The lowest BCUT2D eigenvalue weighted by Gasteiger charge is -2.25. The maximum Gasteiger partial charge on any atom is 0.211 e. The monoisotopic (exact) mass is 216 g/mol. The molecular weight excluding hydrogens is 200 g/mol. The van der Waals surface area contributed by atoms with Gasteiger partial charge in [0, 0.05) is 19.0 Å². The topological polar surface area (TPSA) is 61.2 Å².